The van der Waals surface area contributed by atoms with Crippen molar-refractivity contribution >= 4 is 33.2 Å². The summed E-state index contributed by atoms with van der Waals surface area (Å²) in [4.78, 5) is 16.4. The Labute approximate surface area is 123 Å². The molecule has 1 heterocycles. The summed E-state index contributed by atoms with van der Waals surface area (Å²) in [5, 5.41) is 2.92. The van der Waals surface area contributed by atoms with Gasteiger partial charge in [0.25, 0.3) is 0 Å². The van der Waals surface area contributed by atoms with E-state index < -0.39 is 5.41 Å². The first kappa shape index (κ1) is 12.8. The van der Waals surface area contributed by atoms with E-state index in [1.807, 2.05) is 29.6 Å². The number of hydrogen-bond acceptors (Lipinski definition) is 4. The molecule has 0 radical (unpaired) electrons. The van der Waals surface area contributed by atoms with Crippen molar-refractivity contribution < 1.29 is 9.53 Å². The van der Waals surface area contributed by atoms with Crippen LogP contribution in [0.15, 0.2) is 34.1 Å². The minimum absolute atomic E-state index is 0.167. The molecule has 0 saturated heterocycles. The molecule has 1 aliphatic rings. The van der Waals surface area contributed by atoms with Crippen molar-refractivity contribution in [2.45, 2.75) is 18.3 Å². The Balaban J connectivity index is 1.92. The van der Waals surface area contributed by atoms with E-state index in [4.69, 9.17) is 4.74 Å². The second-order valence-corrected chi connectivity index (χ2v) is 6.39. The predicted octanol–water partition coefficient (Wildman–Crippen LogP) is 3.78. The van der Waals surface area contributed by atoms with Crippen LogP contribution in [-0.2, 0) is 14.9 Å². The van der Waals surface area contributed by atoms with Gasteiger partial charge < -0.3 is 4.74 Å². The highest BCUT2D eigenvalue weighted by molar-refractivity contribution is 9.10. The lowest BCUT2D eigenvalue weighted by Gasteiger charge is -2.08. The van der Waals surface area contributed by atoms with Crippen molar-refractivity contribution in [3.8, 4) is 10.6 Å². The van der Waals surface area contributed by atoms with Gasteiger partial charge in [-0.3, -0.25) is 4.79 Å². The number of ether oxygens (including phenoxy) is 1. The lowest BCUT2D eigenvalue weighted by Crippen LogP contribution is -2.22. The molecule has 0 atom stereocenters. The molecule has 1 fully saturated rings. The van der Waals surface area contributed by atoms with Crippen LogP contribution in [0.2, 0.25) is 0 Å². The van der Waals surface area contributed by atoms with Crippen molar-refractivity contribution in [2.24, 2.45) is 0 Å². The van der Waals surface area contributed by atoms with Gasteiger partial charge in [0.05, 0.1) is 12.8 Å². The van der Waals surface area contributed by atoms with Gasteiger partial charge in [-0.15, -0.1) is 11.3 Å². The first-order valence-corrected chi connectivity index (χ1v) is 7.63. The molecule has 2 aromatic rings. The van der Waals surface area contributed by atoms with Crippen molar-refractivity contribution in [1.29, 1.82) is 0 Å². The third kappa shape index (κ3) is 2.21. The van der Waals surface area contributed by atoms with Gasteiger partial charge in [0.15, 0.2) is 0 Å². The fourth-order valence-electron chi connectivity index (χ4n) is 2.10. The minimum atomic E-state index is -0.473. The van der Waals surface area contributed by atoms with Crippen LogP contribution in [0.3, 0.4) is 0 Å². The van der Waals surface area contributed by atoms with Crippen molar-refractivity contribution in [3.05, 3.63) is 39.8 Å². The quantitative estimate of drug-likeness (QED) is 0.800. The van der Waals surface area contributed by atoms with Crippen LogP contribution < -0.4 is 0 Å². The topological polar surface area (TPSA) is 39.2 Å². The molecule has 0 aliphatic heterocycles. The number of halogens is 1. The Morgan fingerprint density at radius 2 is 2.05 bits per heavy atom. The van der Waals surface area contributed by atoms with Gasteiger partial charge in [-0.1, -0.05) is 28.1 Å². The van der Waals surface area contributed by atoms with E-state index in [1.54, 1.807) is 11.3 Å². The Hall–Kier alpha value is -1.20. The first-order chi connectivity index (χ1) is 9.15. The summed E-state index contributed by atoms with van der Waals surface area (Å²) in [6.07, 6.45) is 1.67. The molecule has 98 valence electrons. The number of benzene rings is 1. The molecule has 1 aromatic carbocycles. The average Bonchev–Trinajstić information content (AvgIpc) is 3.10. The Bertz CT molecular complexity index is 617. The third-order valence-corrected chi connectivity index (χ3v) is 4.83. The van der Waals surface area contributed by atoms with Crippen LogP contribution in [0, 0.1) is 0 Å². The molecule has 19 heavy (non-hydrogen) atoms. The maximum absolute atomic E-state index is 11.8. The standard InChI is InChI=1S/C14H12BrNO2S/c1-18-13(17)14(6-7-14)11-8-19-12(16-11)9-2-4-10(15)5-3-9/h2-5,8H,6-7H2,1H3. The van der Waals surface area contributed by atoms with E-state index in [0.717, 1.165) is 33.6 Å². The molecule has 3 nitrogen and oxygen atoms in total. The molecule has 0 unspecified atom stereocenters. The number of carbonyl (C=O) groups excluding carboxylic acids is 1. The van der Waals surface area contributed by atoms with Gasteiger partial charge in [-0.25, -0.2) is 4.98 Å². The molecule has 3 rings (SSSR count). The molecular formula is C14H12BrNO2S. The molecule has 0 spiro atoms. The summed E-state index contributed by atoms with van der Waals surface area (Å²) in [7, 11) is 1.43. The van der Waals surface area contributed by atoms with E-state index in [2.05, 4.69) is 20.9 Å². The Kier molecular flexibility index (Phi) is 3.19. The van der Waals surface area contributed by atoms with Gasteiger partial charge in [0, 0.05) is 15.4 Å². The van der Waals surface area contributed by atoms with E-state index in [1.165, 1.54) is 7.11 Å². The Morgan fingerprint density at radius 1 is 1.37 bits per heavy atom. The summed E-state index contributed by atoms with van der Waals surface area (Å²) in [6, 6.07) is 8.02. The monoisotopic (exact) mass is 337 g/mol. The highest BCUT2D eigenvalue weighted by atomic mass is 79.9. The summed E-state index contributed by atoms with van der Waals surface area (Å²) in [5.74, 6) is -0.167. The zero-order valence-corrected chi connectivity index (χ0v) is 12.8. The normalized spacial score (nSPS) is 16.1. The molecule has 1 aromatic heterocycles. The molecule has 5 heteroatoms. The smallest absolute Gasteiger partial charge is 0.317 e. The van der Waals surface area contributed by atoms with Crippen LogP contribution in [0.5, 0.6) is 0 Å². The van der Waals surface area contributed by atoms with E-state index in [9.17, 15) is 4.79 Å². The van der Waals surface area contributed by atoms with Crippen LogP contribution in [0.1, 0.15) is 18.5 Å². The number of methoxy groups -OCH3 is 1. The highest BCUT2D eigenvalue weighted by Gasteiger charge is 2.54. The van der Waals surface area contributed by atoms with Crippen LogP contribution >= 0.6 is 27.3 Å². The van der Waals surface area contributed by atoms with Crippen LogP contribution in [0.25, 0.3) is 10.6 Å². The van der Waals surface area contributed by atoms with Gasteiger partial charge in [0.1, 0.15) is 10.4 Å². The summed E-state index contributed by atoms with van der Waals surface area (Å²) < 4.78 is 5.92. The average molecular weight is 338 g/mol. The lowest BCUT2D eigenvalue weighted by molar-refractivity contribution is -0.143. The van der Waals surface area contributed by atoms with Gasteiger partial charge in [-0.2, -0.15) is 0 Å². The minimum Gasteiger partial charge on any atom is -0.468 e. The maximum atomic E-state index is 11.8. The van der Waals surface area contributed by atoms with Crippen molar-refractivity contribution in [2.75, 3.05) is 7.11 Å². The molecule has 0 bridgehead atoms. The fourth-order valence-corrected chi connectivity index (χ4v) is 3.29. The second kappa shape index (κ2) is 4.72. The Morgan fingerprint density at radius 3 is 2.63 bits per heavy atom. The zero-order valence-electron chi connectivity index (χ0n) is 10.4. The molecule has 0 amide bonds. The fraction of sp³-hybridized carbons (Fsp3) is 0.286. The SMILES string of the molecule is COC(=O)C1(c2csc(-c3ccc(Br)cc3)n2)CC1. The zero-order chi connectivity index (χ0) is 13.5. The van der Waals surface area contributed by atoms with Crippen LogP contribution in [0.4, 0.5) is 0 Å². The summed E-state index contributed by atoms with van der Waals surface area (Å²) in [5.41, 5.74) is 1.45. The summed E-state index contributed by atoms with van der Waals surface area (Å²) in [6.45, 7) is 0. The van der Waals surface area contributed by atoms with E-state index in [-0.39, 0.29) is 5.97 Å². The molecule has 1 aliphatic carbocycles. The second-order valence-electron chi connectivity index (χ2n) is 4.62. The predicted molar refractivity (Wildman–Crippen MR) is 78.2 cm³/mol. The molecule has 1 saturated carbocycles. The highest BCUT2D eigenvalue weighted by Crippen LogP contribution is 2.49. The number of aromatic nitrogens is 1. The number of nitrogens with zero attached hydrogens (tertiary/aromatic N) is 1. The molecule has 0 N–H and O–H groups in total. The first-order valence-electron chi connectivity index (χ1n) is 5.96. The van der Waals surface area contributed by atoms with Crippen molar-refractivity contribution in [3.63, 3.8) is 0 Å². The lowest BCUT2D eigenvalue weighted by atomic mass is 10.0. The largest absolute Gasteiger partial charge is 0.468 e. The number of esters is 1. The number of thiazole rings is 1. The van der Waals surface area contributed by atoms with E-state index in [0.29, 0.717) is 0 Å². The van der Waals surface area contributed by atoms with Gasteiger partial charge >= 0.3 is 5.97 Å². The van der Waals surface area contributed by atoms with Crippen molar-refractivity contribution in [1.82, 2.24) is 4.98 Å². The van der Waals surface area contributed by atoms with Gasteiger partial charge in [-0.05, 0) is 25.0 Å². The van der Waals surface area contributed by atoms with Gasteiger partial charge in [0.2, 0.25) is 0 Å². The maximum Gasteiger partial charge on any atom is 0.317 e. The molecular weight excluding hydrogens is 326 g/mol. The van der Waals surface area contributed by atoms with Crippen LogP contribution in [-0.4, -0.2) is 18.1 Å². The summed E-state index contributed by atoms with van der Waals surface area (Å²) >= 11 is 4.98. The third-order valence-electron chi connectivity index (χ3n) is 3.41. The number of carbonyl (C=O) groups is 1. The number of rotatable bonds is 3. The number of hydrogen-bond donors (Lipinski definition) is 0. The van der Waals surface area contributed by atoms with E-state index >= 15 is 0 Å².